The third-order valence-electron chi connectivity index (χ3n) is 2.78. The molecule has 0 radical (unpaired) electrons. The van der Waals surface area contributed by atoms with E-state index in [2.05, 4.69) is 0 Å². The molecule has 0 aromatic heterocycles. The lowest BCUT2D eigenvalue weighted by Gasteiger charge is -2.31. The Labute approximate surface area is 87.9 Å². The molecule has 4 nitrogen and oxygen atoms in total. The number of carboxylic acid groups (broad SMARTS) is 1. The smallest absolute Gasteiger partial charge is 0.323 e. The van der Waals surface area contributed by atoms with Gasteiger partial charge in [0, 0.05) is 12.1 Å². The van der Waals surface area contributed by atoms with Gasteiger partial charge in [0.25, 0.3) is 0 Å². The summed E-state index contributed by atoms with van der Waals surface area (Å²) in [6, 6.07) is 0. The molecule has 0 fully saturated rings. The lowest BCUT2D eigenvalue weighted by atomic mass is 9.93. The van der Waals surface area contributed by atoms with Crippen molar-refractivity contribution in [3.05, 3.63) is 23.4 Å². The van der Waals surface area contributed by atoms with Crippen LogP contribution in [-0.2, 0) is 9.59 Å². The van der Waals surface area contributed by atoms with Crippen LogP contribution in [0, 0.1) is 0 Å². The zero-order valence-corrected chi connectivity index (χ0v) is 8.40. The Hall–Kier alpha value is -1.58. The quantitative estimate of drug-likeness (QED) is 0.742. The van der Waals surface area contributed by atoms with E-state index in [1.807, 2.05) is 12.2 Å². The van der Waals surface area contributed by atoms with Crippen LogP contribution < -0.4 is 0 Å². The summed E-state index contributed by atoms with van der Waals surface area (Å²) in [5, 5.41) is 8.73. The third-order valence-corrected chi connectivity index (χ3v) is 2.78. The number of carbonyl (C=O) groups excluding carboxylic acids is 1. The zero-order valence-electron chi connectivity index (χ0n) is 8.40. The molecule has 2 aliphatic rings. The molecule has 0 aromatic carbocycles. The van der Waals surface area contributed by atoms with Crippen molar-refractivity contribution in [3.63, 3.8) is 0 Å². The van der Waals surface area contributed by atoms with Crippen LogP contribution in [0.2, 0.25) is 0 Å². The van der Waals surface area contributed by atoms with Crippen LogP contribution in [0.5, 0.6) is 0 Å². The second-order valence-corrected chi connectivity index (χ2v) is 3.80. The molecule has 2 rings (SSSR count). The van der Waals surface area contributed by atoms with Crippen molar-refractivity contribution in [3.8, 4) is 0 Å². The number of allylic oxidation sites excluding steroid dienone is 3. The van der Waals surface area contributed by atoms with Gasteiger partial charge in [0.2, 0.25) is 5.91 Å². The van der Waals surface area contributed by atoms with Gasteiger partial charge in [-0.1, -0.05) is 6.08 Å². The first kappa shape index (κ1) is 9.96. The molecule has 1 amide bonds. The maximum Gasteiger partial charge on any atom is 0.323 e. The van der Waals surface area contributed by atoms with E-state index in [1.165, 1.54) is 10.5 Å². The Balaban J connectivity index is 2.28. The van der Waals surface area contributed by atoms with Gasteiger partial charge in [-0.25, -0.2) is 0 Å². The number of aliphatic carboxylic acids is 1. The van der Waals surface area contributed by atoms with Crippen LogP contribution in [0.3, 0.4) is 0 Å². The lowest BCUT2D eigenvalue weighted by Crippen LogP contribution is -2.38. The molecule has 0 saturated carbocycles. The molecular formula is C11H13NO3. The molecule has 1 N–H and O–H groups in total. The van der Waals surface area contributed by atoms with E-state index in [0.29, 0.717) is 6.42 Å². The van der Waals surface area contributed by atoms with Gasteiger partial charge >= 0.3 is 5.97 Å². The first-order chi connectivity index (χ1) is 7.18. The van der Waals surface area contributed by atoms with E-state index in [4.69, 9.17) is 5.11 Å². The molecular weight excluding hydrogens is 194 g/mol. The summed E-state index contributed by atoms with van der Waals surface area (Å²) in [6.07, 6.45) is 7.04. The highest BCUT2D eigenvalue weighted by Crippen LogP contribution is 2.30. The molecule has 0 unspecified atom stereocenters. The predicted octanol–water partition coefficient (Wildman–Crippen LogP) is 1.30. The molecule has 1 heterocycles. The van der Waals surface area contributed by atoms with Crippen molar-refractivity contribution in [1.82, 2.24) is 4.90 Å². The van der Waals surface area contributed by atoms with Gasteiger partial charge in [-0.2, -0.15) is 0 Å². The van der Waals surface area contributed by atoms with Crippen molar-refractivity contribution >= 4 is 11.9 Å². The van der Waals surface area contributed by atoms with E-state index in [9.17, 15) is 9.59 Å². The summed E-state index contributed by atoms with van der Waals surface area (Å²) in [7, 11) is 0. The first-order valence-electron chi connectivity index (χ1n) is 5.09. The fourth-order valence-corrected chi connectivity index (χ4v) is 2.07. The van der Waals surface area contributed by atoms with Gasteiger partial charge in [-0.05, 0) is 30.9 Å². The number of hydrogen-bond donors (Lipinski definition) is 1. The van der Waals surface area contributed by atoms with Crippen molar-refractivity contribution in [1.29, 1.82) is 0 Å². The van der Waals surface area contributed by atoms with Crippen LogP contribution in [-0.4, -0.2) is 28.4 Å². The molecule has 1 aliphatic carbocycles. The topological polar surface area (TPSA) is 57.6 Å². The second-order valence-electron chi connectivity index (χ2n) is 3.80. The van der Waals surface area contributed by atoms with Crippen molar-refractivity contribution in [2.24, 2.45) is 0 Å². The van der Waals surface area contributed by atoms with E-state index in [-0.39, 0.29) is 12.5 Å². The number of nitrogens with zero attached hydrogens (tertiary/aromatic N) is 1. The monoisotopic (exact) mass is 207 g/mol. The summed E-state index contributed by atoms with van der Waals surface area (Å²) in [4.78, 5) is 23.6. The molecule has 1 aliphatic heterocycles. The van der Waals surface area contributed by atoms with Gasteiger partial charge < -0.3 is 10.0 Å². The van der Waals surface area contributed by atoms with E-state index in [0.717, 1.165) is 25.0 Å². The number of hydrogen-bond acceptors (Lipinski definition) is 2. The number of amides is 1. The van der Waals surface area contributed by atoms with Crippen molar-refractivity contribution in [2.75, 3.05) is 6.54 Å². The summed E-state index contributed by atoms with van der Waals surface area (Å²) in [5.41, 5.74) is 2.04. The third kappa shape index (κ3) is 1.93. The van der Waals surface area contributed by atoms with Gasteiger partial charge in [0.05, 0.1) is 0 Å². The van der Waals surface area contributed by atoms with Gasteiger partial charge in [0.1, 0.15) is 6.54 Å². The molecule has 0 saturated heterocycles. The zero-order chi connectivity index (χ0) is 10.8. The van der Waals surface area contributed by atoms with Crippen molar-refractivity contribution in [2.45, 2.75) is 25.7 Å². The van der Waals surface area contributed by atoms with Crippen molar-refractivity contribution < 1.29 is 14.7 Å². The largest absolute Gasteiger partial charge is 0.480 e. The van der Waals surface area contributed by atoms with E-state index >= 15 is 0 Å². The molecule has 4 heteroatoms. The summed E-state index contributed by atoms with van der Waals surface area (Å²) in [5.74, 6) is -1.04. The number of rotatable bonds is 2. The van der Waals surface area contributed by atoms with Gasteiger partial charge in [0.15, 0.2) is 0 Å². The standard InChI is InChI=1S/C11H13NO3/c13-10-6-5-8-3-1-2-4-9(8)12(10)7-11(14)15/h2,4H,1,3,5-7H2,(H,14,15). The Kier molecular flexibility index (Phi) is 2.58. The van der Waals surface area contributed by atoms with Crippen LogP contribution >= 0.6 is 0 Å². The normalized spacial score (nSPS) is 20.5. The molecule has 80 valence electrons. The molecule has 0 aromatic rings. The maximum atomic E-state index is 11.6. The Morgan fingerprint density at radius 2 is 2.20 bits per heavy atom. The second kappa shape index (κ2) is 3.88. The minimum Gasteiger partial charge on any atom is -0.480 e. The maximum absolute atomic E-state index is 11.6. The van der Waals surface area contributed by atoms with E-state index in [1.54, 1.807) is 0 Å². The highest BCUT2D eigenvalue weighted by atomic mass is 16.4. The SMILES string of the molecule is O=C(O)CN1C(=O)CCC2=C1C=CCC2. The fraction of sp³-hybridized carbons (Fsp3) is 0.455. The van der Waals surface area contributed by atoms with Crippen LogP contribution in [0.15, 0.2) is 23.4 Å². The average Bonchev–Trinajstić information content (AvgIpc) is 2.22. The first-order valence-corrected chi connectivity index (χ1v) is 5.09. The van der Waals surface area contributed by atoms with Crippen LogP contribution in [0.4, 0.5) is 0 Å². The minimum atomic E-state index is -0.962. The Morgan fingerprint density at radius 3 is 2.93 bits per heavy atom. The summed E-state index contributed by atoms with van der Waals surface area (Å²) in [6.45, 7) is -0.220. The number of carbonyl (C=O) groups is 2. The molecule has 0 atom stereocenters. The van der Waals surface area contributed by atoms with Crippen LogP contribution in [0.25, 0.3) is 0 Å². The molecule has 0 spiro atoms. The summed E-state index contributed by atoms with van der Waals surface area (Å²) < 4.78 is 0. The Morgan fingerprint density at radius 1 is 1.40 bits per heavy atom. The number of carboxylic acids is 1. The summed E-state index contributed by atoms with van der Waals surface area (Å²) >= 11 is 0. The molecule has 15 heavy (non-hydrogen) atoms. The highest BCUT2D eigenvalue weighted by Gasteiger charge is 2.27. The fourth-order valence-electron chi connectivity index (χ4n) is 2.07. The van der Waals surface area contributed by atoms with Crippen LogP contribution in [0.1, 0.15) is 25.7 Å². The average molecular weight is 207 g/mol. The Bertz CT molecular complexity index is 368. The van der Waals surface area contributed by atoms with Gasteiger partial charge in [-0.15, -0.1) is 0 Å². The van der Waals surface area contributed by atoms with E-state index < -0.39 is 5.97 Å². The van der Waals surface area contributed by atoms with Gasteiger partial charge in [-0.3, -0.25) is 9.59 Å². The lowest BCUT2D eigenvalue weighted by molar-refractivity contribution is -0.143. The minimum absolute atomic E-state index is 0.0808. The predicted molar refractivity (Wildman–Crippen MR) is 54.0 cm³/mol. The molecule has 0 bridgehead atoms. The highest BCUT2D eigenvalue weighted by molar-refractivity contribution is 5.85.